The molecule has 18 heavy (non-hydrogen) atoms. The number of H-pyrrole nitrogens is 1. The summed E-state index contributed by atoms with van der Waals surface area (Å²) in [6, 6.07) is 0. The van der Waals surface area contributed by atoms with Gasteiger partial charge in [-0.2, -0.15) is 17.8 Å². The molecule has 0 saturated carbocycles. The van der Waals surface area contributed by atoms with E-state index in [-0.39, 0.29) is 17.2 Å². The zero-order valence-electron chi connectivity index (χ0n) is 9.50. The zero-order chi connectivity index (χ0) is 13.2. The summed E-state index contributed by atoms with van der Waals surface area (Å²) in [7, 11) is -3.63. The number of oxime groups is 1. The molecule has 0 bridgehead atoms. The Labute approximate surface area is 104 Å². The van der Waals surface area contributed by atoms with Crippen LogP contribution in [0.25, 0.3) is 0 Å². The highest BCUT2D eigenvalue weighted by Crippen LogP contribution is 2.17. The van der Waals surface area contributed by atoms with Crippen LogP contribution in [0.3, 0.4) is 0 Å². The smallest absolute Gasteiger partial charge is 0.302 e. The van der Waals surface area contributed by atoms with Crippen LogP contribution in [0.5, 0.6) is 0 Å². The molecule has 0 radical (unpaired) electrons. The van der Waals surface area contributed by atoms with Crippen LogP contribution in [0.1, 0.15) is 18.4 Å². The number of aromatic amines is 1. The Morgan fingerprint density at radius 3 is 2.83 bits per heavy atom. The lowest BCUT2D eigenvalue weighted by atomic mass is 10.3. The molecule has 5 N–H and O–H groups in total. The van der Waals surface area contributed by atoms with E-state index in [1.807, 2.05) is 0 Å². The van der Waals surface area contributed by atoms with Gasteiger partial charge in [0.2, 0.25) is 0 Å². The summed E-state index contributed by atoms with van der Waals surface area (Å²) in [5.41, 5.74) is 5.60. The number of nitrogens with one attached hydrogen (secondary N) is 2. The van der Waals surface area contributed by atoms with Gasteiger partial charge in [0.1, 0.15) is 5.82 Å². The largest absolute Gasteiger partial charge is 0.409 e. The van der Waals surface area contributed by atoms with Gasteiger partial charge in [-0.25, -0.2) is 0 Å². The molecule has 1 aromatic heterocycles. The Hall–Kier alpha value is -1.81. The van der Waals surface area contributed by atoms with Crippen molar-refractivity contribution in [2.45, 2.75) is 12.8 Å². The number of nitrogens with zero attached hydrogens (tertiary/aromatic N) is 3. The van der Waals surface area contributed by atoms with E-state index in [4.69, 9.17) is 10.9 Å². The van der Waals surface area contributed by atoms with E-state index in [0.717, 1.165) is 12.8 Å². The van der Waals surface area contributed by atoms with E-state index < -0.39 is 10.2 Å². The lowest BCUT2D eigenvalue weighted by molar-refractivity contribution is 0.318. The summed E-state index contributed by atoms with van der Waals surface area (Å²) in [4.78, 5) is 0. The van der Waals surface area contributed by atoms with Crippen molar-refractivity contribution in [1.29, 1.82) is 0 Å². The third-order valence-electron chi connectivity index (χ3n) is 2.66. The molecule has 2 rings (SSSR count). The minimum absolute atomic E-state index is 0.0807. The van der Waals surface area contributed by atoms with Crippen LogP contribution >= 0.6 is 0 Å². The standard InChI is InChI=1S/C8H14N6O3S/c9-7(12-15)6-5-10-11-8(6)13-18(16,17)14-3-1-2-4-14/h5,15H,1-4H2,(H2,9,12)(H2,10,11,13). The number of amidine groups is 1. The fourth-order valence-corrected chi connectivity index (χ4v) is 3.02. The molecule has 100 valence electrons. The van der Waals surface area contributed by atoms with Gasteiger partial charge in [-0.1, -0.05) is 5.16 Å². The first-order chi connectivity index (χ1) is 8.54. The summed E-state index contributed by atoms with van der Waals surface area (Å²) in [6.07, 6.45) is 2.96. The Balaban J connectivity index is 2.21. The monoisotopic (exact) mass is 274 g/mol. The van der Waals surface area contributed by atoms with Crippen LogP contribution in [0.15, 0.2) is 11.4 Å². The molecule has 0 aromatic carbocycles. The predicted molar refractivity (Wildman–Crippen MR) is 64.4 cm³/mol. The van der Waals surface area contributed by atoms with Gasteiger partial charge in [0.15, 0.2) is 5.84 Å². The lowest BCUT2D eigenvalue weighted by Gasteiger charge is -2.16. The van der Waals surface area contributed by atoms with Gasteiger partial charge in [-0.15, -0.1) is 0 Å². The van der Waals surface area contributed by atoms with E-state index in [1.54, 1.807) is 0 Å². The molecule has 1 aromatic rings. The molecule has 10 heteroatoms. The highest BCUT2D eigenvalue weighted by molar-refractivity contribution is 7.90. The average Bonchev–Trinajstić information content (AvgIpc) is 2.97. The average molecular weight is 274 g/mol. The second kappa shape index (κ2) is 4.82. The Morgan fingerprint density at radius 1 is 1.56 bits per heavy atom. The number of nitrogens with two attached hydrogens (primary N) is 1. The Bertz CT molecular complexity index is 545. The van der Waals surface area contributed by atoms with E-state index in [2.05, 4.69) is 20.1 Å². The van der Waals surface area contributed by atoms with Gasteiger partial charge in [0, 0.05) is 13.1 Å². The maximum Gasteiger partial charge on any atom is 0.302 e. The quantitative estimate of drug-likeness (QED) is 0.248. The van der Waals surface area contributed by atoms with Crippen molar-refractivity contribution >= 4 is 21.9 Å². The van der Waals surface area contributed by atoms with Crippen LogP contribution < -0.4 is 10.5 Å². The fraction of sp³-hybridized carbons (Fsp3) is 0.500. The minimum atomic E-state index is -3.63. The number of rotatable bonds is 4. The molecule has 9 nitrogen and oxygen atoms in total. The van der Waals surface area contributed by atoms with Crippen molar-refractivity contribution in [2.24, 2.45) is 10.9 Å². The summed E-state index contributed by atoms with van der Waals surface area (Å²) < 4.78 is 27.6. The molecule has 0 atom stereocenters. The molecule has 1 saturated heterocycles. The second-order valence-electron chi connectivity index (χ2n) is 3.86. The van der Waals surface area contributed by atoms with Crippen molar-refractivity contribution < 1.29 is 13.6 Å². The molecule has 1 fully saturated rings. The number of aromatic nitrogens is 2. The van der Waals surface area contributed by atoms with E-state index in [0.29, 0.717) is 13.1 Å². The molecule has 2 heterocycles. The van der Waals surface area contributed by atoms with Gasteiger partial charge < -0.3 is 10.9 Å². The molecule has 1 aliphatic heterocycles. The van der Waals surface area contributed by atoms with E-state index >= 15 is 0 Å². The highest BCUT2D eigenvalue weighted by atomic mass is 32.2. The van der Waals surface area contributed by atoms with Gasteiger partial charge in [-0.3, -0.25) is 9.82 Å². The van der Waals surface area contributed by atoms with Crippen LogP contribution in [0.2, 0.25) is 0 Å². The maximum atomic E-state index is 12.0. The topological polar surface area (TPSA) is 137 Å². The summed E-state index contributed by atoms with van der Waals surface area (Å²) in [6.45, 7) is 0.977. The number of hydrogen-bond acceptors (Lipinski definition) is 5. The van der Waals surface area contributed by atoms with Gasteiger partial charge in [0.25, 0.3) is 0 Å². The highest BCUT2D eigenvalue weighted by Gasteiger charge is 2.26. The first-order valence-corrected chi connectivity index (χ1v) is 6.78. The second-order valence-corrected chi connectivity index (χ2v) is 5.53. The normalized spacial score (nSPS) is 18.1. The zero-order valence-corrected chi connectivity index (χ0v) is 10.3. The molecule has 0 aliphatic carbocycles. The van der Waals surface area contributed by atoms with Crippen LogP contribution in [-0.2, 0) is 10.2 Å². The van der Waals surface area contributed by atoms with Gasteiger partial charge in [-0.05, 0) is 12.8 Å². The summed E-state index contributed by atoms with van der Waals surface area (Å²) in [5, 5.41) is 17.5. The van der Waals surface area contributed by atoms with Crippen molar-refractivity contribution in [3.05, 3.63) is 11.8 Å². The minimum Gasteiger partial charge on any atom is -0.409 e. The van der Waals surface area contributed by atoms with Crippen LogP contribution in [-0.4, -0.2) is 47.1 Å². The van der Waals surface area contributed by atoms with Gasteiger partial charge >= 0.3 is 10.2 Å². The fourth-order valence-electron chi connectivity index (χ4n) is 1.73. The van der Waals surface area contributed by atoms with Crippen molar-refractivity contribution in [2.75, 3.05) is 17.8 Å². The summed E-state index contributed by atoms with van der Waals surface area (Å²) in [5.74, 6) is -0.139. The van der Waals surface area contributed by atoms with Crippen molar-refractivity contribution in [3.8, 4) is 0 Å². The van der Waals surface area contributed by atoms with Crippen molar-refractivity contribution in [1.82, 2.24) is 14.5 Å². The third-order valence-corrected chi connectivity index (χ3v) is 4.17. The van der Waals surface area contributed by atoms with Gasteiger partial charge in [0.05, 0.1) is 11.8 Å². The maximum absolute atomic E-state index is 12.0. The predicted octanol–water partition coefficient (Wildman–Crippen LogP) is -0.743. The lowest BCUT2D eigenvalue weighted by Crippen LogP contribution is -2.34. The summed E-state index contributed by atoms with van der Waals surface area (Å²) >= 11 is 0. The molecule has 1 aliphatic rings. The molecular weight excluding hydrogens is 260 g/mol. The molecule has 0 spiro atoms. The Kier molecular flexibility index (Phi) is 3.39. The van der Waals surface area contributed by atoms with Crippen LogP contribution in [0, 0.1) is 0 Å². The molecule has 0 unspecified atom stereocenters. The third kappa shape index (κ3) is 2.38. The number of anilines is 1. The van der Waals surface area contributed by atoms with Crippen LogP contribution in [0.4, 0.5) is 5.82 Å². The Morgan fingerprint density at radius 2 is 2.22 bits per heavy atom. The molecular formula is C8H14N6O3S. The van der Waals surface area contributed by atoms with E-state index in [1.165, 1.54) is 10.5 Å². The first kappa shape index (κ1) is 12.6. The molecule has 0 amide bonds. The SMILES string of the molecule is NC(=NO)c1cn[nH]c1NS(=O)(=O)N1CCCC1. The van der Waals surface area contributed by atoms with Crippen molar-refractivity contribution in [3.63, 3.8) is 0 Å². The van der Waals surface area contributed by atoms with E-state index in [9.17, 15) is 8.42 Å². The number of hydrogen-bond donors (Lipinski definition) is 4. The first-order valence-electron chi connectivity index (χ1n) is 5.34.